The Morgan fingerprint density at radius 1 is 1.19 bits per heavy atom. The minimum absolute atomic E-state index is 0.173. The number of rotatable bonds is 8. The number of hydrogen-bond donors (Lipinski definition) is 0. The lowest BCUT2D eigenvalue weighted by molar-refractivity contribution is -0.147. The van der Waals surface area contributed by atoms with Gasteiger partial charge in [0.2, 0.25) is 0 Å². The molecule has 0 N–H and O–H groups in total. The van der Waals surface area contributed by atoms with Gasteiger partial charge in [-0.1, -0.05) is 30.3 Å². The lowest BCUT2D eigenvalue weighted by Gasteiger charge is -2.15. The van der Waals surface area contributed by atoms with Crippen molar-refractivity contribution in [1.29, 1.82) is 0 Å². The van der Waals surface area contributed by atoms with E-state index in [1.165, 1.54) is 7.11 Å². The van der Waals surface area contributed by atoms with Crippen molar-refractivity contribution < 1.29 is 23.8 Å². The second kappa shape index (κ2) is 9.92. The Balaban J connectivity index is 1.88. The summed E-state index contributed by atoms with van der Waals surface area (Å²) in [5.41, 5.74) is 4.56. The topological polar surface area (TPSA) is 66.8 Å². The summed E-state index contributed by atoms with van der Waals surface area (Å²) in [6.45, 7) is 9.96. The van der Waals surface area contributed by atoms with Gasteiger partial charge in [0, 0.05) is 28.2 Å². The van der Waals surface area contributed by atoms with Crippen LogP contribution < -0.4 is 4.74 Å². The molecule has 0 spiro atoms. The van der Waals surface area contributed by atoms with Crippen molar-refractivity contribution in [1.82, 2.24) is 4.57 Å². The molecule has 3 aromatic rings. The van der Waals surface area contributed by atoms with Gasteiger partial charge < -0.3 is 18.8 Å². The molecule has 6 nitrogen and oxygen atoms in total. The summed E-state index contributed by atoms with van der Waals surface area (Å²) < 4.78 is 17.6. The summed E-state index contributed by atoms with van der Waals surface area (Å²) in [6.07, 6.45) is 0.811. The molecule has 0 fully saturated rings. The lowest BCUT2D eigenvalue weighted by Crippen LogP contribution is -2.24. The van der Waals surface area contributed by atoms with Gasteiger partial charge in [0.1, 0.15) is 12.4 Å². The van der Waals surface area contributed by atoms with Crippen LogP contribution in [0.15, 0.2) is 49.1 Å². The SMILES string of the molecule is C=CCOC(=O)c1ccc2c(c1)c(C)c(C)n2Cc1ccc(O[C@@H](C)C(=O)OC)cc1Cl. The van der Waals surface area contributed by atoms with Crippen molar-refractivity contribution in [2.24, 2.45) is 0 Å². The zero-order valence-corrected chi connectivity index (χ0v) is 19.4. The predicted octanol–water partition coefficient (Wildman–Crippen LogP) is 5.24. The number of ether oxygens (including phenoxy) is 3. The molecule has 168 valence electrons. The van der Waals surface area contributed by atoms with Crippen LogP contribution in [0.3, 0.4) is 0 Å². The molecule has 0 unspecified atom stereocenters. The van der Waals surface area contributed by atoms with Crippen LogP contribution in [0.2, 0.25) is 5.02 Å². The predicted molar refractivity (Wildman–Crippen MR) is 125 cm³/mol. The number of esters is 2. The van der Waals surface area contributed by atoms with Crippen LogP contribution in [0.5, 0.6) is 5.75 Å². The maximum absolute atomic E-state index is 12.2. The van der Waals surface area contributed by atoms with Crippen molar-refractivity contribution in [3.8, 4) is 5.75 Å². The molecule has 2 aromatic carbocycles. The number of carbonyl (C=O) groups excluding carboxylic acids is 2. The van der Waals surface area contributed by atoms with Crippen molar-refractivity contribution in [2.45, 2.75) is 33.4 Å². The van der Waals surface area contributed by atoms with E-state index in [9.17, 15) is 9.59 Å². The first-order chi connectivity index (χ1) is 15.3. The minimum Gasteiger partial charge on any atom is -0.479 e. The Kier molecular flexibility index (Phi) is 7.26. The van der Waals surface area contributed by atoms with Crippen molar-refractivity contribution in [3.63, 3.8) is 0 Å². The number of methoxy groups -OCH3 is 1. The van der Waals surface area contributed by atoms with E-state index in [2.05, 4.69) is 15.9 Å². The van der Waals surface area contributed by atoms with E-state index in [1.807, 2.05) is 32.0 Å². The molecule has 0 amide bonds. The quantitative estimate of drug-likeness (QED) is 0.343. The van der Waals surface area contributed by atoms with Crippen molar-refractivity contribution in [3.05, 3.63) is 76.5 Å². The highest BCUT2D eigenvalue weighted by atomic mass is 35.5. The first-order valence-corrected chi connectivity index (χ1v) is 10.5. The average molecular weight is 456 g/mol. The molecule has 7 heteroatoms. The molecule has 0 aliphatic rings. The molecule has 1 atom stereocenters. The van der Waals surface area contributed by atoms with E-state index in [1.54, 1.807) is 31.2 Å². The highest BCUT2D eigenvalue weighted by Crippen LogP contribution is 2.30. The van der Waals surface area contributed by atoms with Crippen LogP contribution in [-0.4, -0.2) is 36.3 Å². The normalized spacial score (nSPS) is 11.8. The number of nitrogens with zero attached hydrogens (tertiary/aromatic N) is 1. The van der Waals surface area contributed by atoms with Gasteiger partial charge in [0.25, 0.3) is 0 Å². The maximum Gasteiger partial charge on any atom is 0.346 e. The van der Waals surface area contributed by atoms with Crippen LogP contribution in [0.25, 0.3) is 10.9 Å². The fourth-order valence-corrected chi connectivity index (χ4v) is 3.75. The van der Waals surface area contributed by atoms with Crippen LogP contribution in [-0.2, 0) is 20.8 Å². The number of aromatic nitrogens is 1. The highest BCUT2D eigenvalue weighted by Gasteiger charge is 2.17. The second-order valence-electron chi connectivity index (χ2n) is 7.45. The molecular weight excluding hydrogens is 430 g/mol. The average Bonchev–Trinajstić information content (AvgIpc) is 3.02. The van der Waals surface area contributed by atoms with E-state index >= 15 is 0 Å². The zero-order valence-electron chi connectivity index (χ0n) is 18.6. The van der Waals surface area contributed by atoms with Gasteiger partial charge >= 0.3 is 11.9 Å². The van der Waals surface area contributed by atoms with Gasteiger partial charge in [0.05, 0.1) is 12.7 Å². The fourth-order valence-electron chi connectivity index (χ4n) is 3.52. The summed E-state index contributed by atoms with van der Waals surface area (Å²) in [6, 6.07) is 10.9. The number of fused-ring (bicyclic) bond motifs is 1. The molecule has 0 saturated carbocycles. The Morgan fingerprint density at radius 2 is 1.94 bits per heavy atom. The molecule has 3 rings (SSSR count). The lowest BCUT2D eigenvalue weighted by atomic mass is 10.1. The minimum atomic E-state index is -0.729. The second-order valence-corrected chi connectivity index (χ2v) is 7.86. The van der Waals surface area contributed by atoms with Crippen molar-refractivity contribution in [2.75, 3.05) is 13.7 Å². The monoisotopic (exact) mass is 455 g/mol. The molecule has 0 bridgehead atoms. The number of carbonyl (C=O) groups is 2. The van der Waals surface area contributed by atoms with E-state index in [4.69, 9.17) is 21.1 Å². The summed E-state index contributed by atoms with van der Waals surface area (Å²) in [7, 11) is 1.32. The van der Waals surface area contributed by atoms with Gasteiger partial charge in [0.15, 0.2) is 6.10 Å². The standard InChI is InChI=1S/C25H26ClNO5/c1-6-11-31-25(29)18-8-10-23-21(12-18)15(2)16(3)27(23)14-19-7-9-20(13-22(19)26)32-17(4)24(28)30-5/h6-10,12-13,17H,1,11,14H2,2-5H3/t17-/m0/s1. The zero-order chi connectivity index (χ0) is 23.4. The molecule has 32 heavy (non-hydrogen) atoms. The van der Waals surface area contributed by atoms with Crippen LogP contribution in [0, 0.1) is 13.8 Å². The fraction of sp³-hybridized carbons (Fsp3) is 0.280. The number of benzene rings is 2. The molecule has 0 saturated heterocycles. The Hall–Kier alpha value is -3.25. The molecule has 1 heterocycles. The summed E-state index contributed by atoms with van der Waals surface area (Å²) in [4.78, 5) is 23.8. The first kappa shape index (κ1) is 23.4. The van der Waals surface area contributed by atoms with E-state index in [0.717, 1.165) is 27.7 Å². The van der Waals surface area contributed by atoms with E-state index < -0.39 is 12.1 Å². The van der Waals surface area contributed by atoms with Gasteiger partial charge in [-0.15, -0.1) is 0 Å². The maximum atomic E-state index is 12.2. The third kappa shape index (κ3) is 4.81. The van der Waals surface area contributed by atoms with Gasteiger partial charge in [-0.2, -0.15) is 0 Å². The number of halogens is 1. The molecule has 0 aliphatic heterocycles. The van der Waals surface area contributed by atoms with Crippen LogP contribution >= 0.6 is 11.6 Å². The third-order valence-corrected chi connectivity index (χ3v) is 5.76. The third-order valence-electron chi connectivity index (χ3n) is 5.41. The smallest absolute Gasteiger partial charge is 0.346 e. The van der Waals surface area contributed by atoms with Gasteiger partial charge in [-0.25, -0.2) is 9.59 Å². The number of aryl methyl sites for hydroxylation is 1. The van der Waals surface area contributed by atoms with Crippen LogP contribution in [0.1, 0.15) is 34.1 Å². The molecular formula is C25H26ClNO5. The van der Waals surface area contributed by atoms with Gasteiger partial charge in [-0.05, 0) is 62.2 Å². The van der Waals surface area contributed by atoms with E-state index in [-0.39, 0.29) is 12.6 Å². The van der Waals surface area contributed by atoms with Crippen LogP contribution in [0.4, 0.5) is 0 Å². The van der Waals surface area contributed by atoms with Gasteiger partial charge in [-0.3, -0.25) is 0 Å². The number of hydrogen-bond acceptors (Lipinski definition) is 5. The highest BCUT2D eigenvalue weighted by molar-refractivity contribution is 6.31. The first-order valence-electron chi connectivity index (χ1n) is 10.2. The summed E-state index contributed by atoms with van der Waals surface area (Å²) in [5.74, 6) is -0.344. The Morgan fingerprint density at radius 3 is 2.59 bits per heavy atom. The summed E-state index contributed by atoms with van der Waals surface area (Å²) in [5, 5.41) is 1.52. The Labute approximate surface area is 192 Å². The Bertz CT molecular complexity index is 1180. The molecule has 0 radical (unpaired) electrons. The van der Waals surface area contributed by atoms with Crippen molar-refractivity contribution >= 4 is 34.4 Å². The molecule has 0 aliphatic carbocycles. The summed E-state index contributed by atoms with van der Waals surface area (Å²) >= 11 is 6.52. The molecule has 1 aromatic heterocycles. The largest absolute Gasteiger partial charge is 0.479 e. The van der Waals surface area contributed by atoms with E-state index in [0.29, 0.717) is 22.9 Å².